The zero-order chi connectivity index (χ0) is 15.4. The van der Waals surface area contributed by atoms with Gasteiger partial charge in [0, 0.05) is 24.9 Å². The van der Waals surface area contributed by atoms with Crippen molar-refractivity contribution in [1.29, 1.82) is 0 Å². The van der Waals surface area contributed by atoms with Crippen molar-refractivity contribution in [3.63, 3.8) is 0 Å². The molecule has 22 heavy (non-hydrogen) atoms. The topological polar surface area (TPSA) is 76.4 Å². The molecule has 3 rings (SSSR count). The Kier molecular flexibility index (Phi) is 4.11. The molecule has 6 heteroatoms. The lowest BCUT2D eigenvalue weighted by Gasteiger charge is -2.40. The smallest absolute Gasteiger partial charge is 0.319 e. The van der Waals surface area contributed by atoms with Crippen LogP contribution in [0.5, 0.6) is 0 Å². The highest BCUT2D eigenvalue weighted by Crippen LogP contribution is 2.34. The molecule has 1 fully saturated rings. The van der Waals surface area contributed by atoms with E-state index in [1.807, 2.05) is 24.3 Å². The lowest BCUT2D eigenvalue weighted by Crippen LogP contribution is -2.50. The van der Waals surface area contributed by atoms with Crippen molar-refractivity contribution in [2.45, 2.75) is 24.9 Å². The number of anilines is 1. The number of hydrogen-bond acceptors (Lipinski definition) is 4. The Balaban J connectivity index is 1.53. The second kappa shape index (κ2) is 6.19. The van der Waals surface area contributed by atoms with Crippen LogP contribution in [0.15, 0.2) is 41.1 Å². The number of carbonyl (C=O) groups is 1. The normalized spacial score (nSPS) is 15.9. The third-order valence-corrected chi connectivity index (χ3v) is 4.09. The number of oxazole rings is 1. The van der Waals surface area contributed by atoms with Crippen LogP contribution in [0.1, 0.15) is 19.3 Å². The fourth-order valence-corrected chi connectivity index (χ4v) is 2.50. The number of amides is 2. The Bertz CT molecular complexity index is 613. The molecule has 2 aromatic rings. The number of ether oxygens (including phenoxy) is 1. The Hall–Kier alpha value is -2.34. The number of urea groups is 1. The molecular formula is C16H19N3O3. The van der Waals surface area contributed by atoms with Crippen LogP contribution in [0.25, 0.3) is 11.5 Å². The Morgan fingerprint density at radius 2 is 2.14 bits per heavy atom. The predicted octanol–water partition coefficient (Wildman–Crippen LogP) is 3.03. The molecule has 1 aliphatic rings. The average molecular weight is 301 g/mol. The van der Waals surface area contributed by atoms with E-state index >= 15 is 0 Å². The Labute approximate surface area is 128 Å². The van der Waals surface area contributed by atoms with Gasteiger partial charge in [0.15, 0.2) is 0 Å². The lowest BCUT2D eigenvalue weighted by atomic mass is 9.80. The molecule has 0 aliphatic heterocycles. The highest BCUT2D eigenvalue weighted by atomic mass is 16.5. The summed E-state index contributed by atoms with van der Waals surface area (Å²) < 4.78 is 10.7. The quantitative estimate of drug-likeness (QED) is 0.890. The molecule has 2 amide bonds. The minimum Gasteiger partial charge on any atom is -0.445 e. The van der Waals surface area contributed by atoms with Gasteiger partial charge in [-0.2, -0.15) is 0 Å². The van der Waals surface area contributed by atoms with E-state index in [9.17, 15) is 4.79 Å². The molecule has 6 nitrogen and oxygen atoms in total. The molecule has 1 aliphatic carbocycles. The first-order valence-corrected chi connectivity index (χ1v) is 7.31. The van der Waals surface area contributed by atoms with Gasteiger partial charge in [0.25, 0.3) is 0 Å². The van der Waals surface area contributed by atoms with Crippen LogP contribution < -0.4 is 10.6 Å². The number of carbonyl (C=O) groups excluding carboxylic acids is 1. The van der Waals surface area contributed by atoms with Gasteiger partial charge in [0.2, 0.25) is 5.89 Å². The number of nitrogens with zero attached hydrogens (tertiary/aromatic N) is 1. The van der Waals surface area contributed by atoms with Crippen LogP contribution in [0.4, 0.5) is 10.5 Å². The molecule has 1 aromatic heterocycles. The van der Waals surface area contributed by atoms with E-state index in [2.05, 4.69) is 15.6 Å². The molecule has 1 heterocycles. The fraction of sp³-hybridized carbons (Fsp3) is 0.375. The van der Waals surface area contributed by atoms with Crippen LogP contribution in [-0.2, 0) is 4.74 Å². The highest BCUT2D eigenvalue weighted by molar-refractivity contribution is 5.89. The number of methoxy groups -OCH3 is 1. The first-order valence-electron chi connectivity index (χ1n) is 7.31. The van der Waals surface area contributed by atoms with E-state index in [0.29, 0.717) is 18.1 Å². The maximum absolute atomic E-state index is 11.9. The molecule has 0 spiro atoms. The Morgan fingerprint density at radius 1 is 1.36 bits per heavy atom. The Morgan fingerprint density at radius 3 is 2.68 bits per heavy atom. The van der Waals surface area contributed by atoms with Crippen molar-refractivity contribution in [2.24, 2.45) is 0 Å². The van der Waals surface area contributed by atoms with Crippen LogP contribution in [0.2, 0.25) is 0 Å². The molecule has 0 bridgehead atoms. The minimum atomic E-state index is -0.229. The maximum atomic E-state index is 11.9. The first-order chi connectivity index (χ1) is 10.7. The van der Waals surface area contributed by atoms with Gasteiger partial charge in [-0.15, -0.1) is 0 Å². The summed E-state index contributed by atoms with van der Waals surface area (Å²) in [5, 5.41) is 5.66. The number of nitrogens with one attached hydrogen (secondary N) is 2. The van der Waals surface area contributed by atoms with Gasteiger partial charge in [0.1, 0.15) is 6.26 Å². The first kappa shape index (κ1) is 14.6. The summed E-state index contributed by atoms with van der Waals surface area (Å²) in [4.78, 5) is 16.0. The van der Waals surface area contributed by atoms with Crippen LogP contribution >= 0.6 is 0 Å². The summed E-state index contributed by atoms with van der Waals surface area (Å²) in [7, 11) is 1.69. The molecule has 1 saturated carbocycles. The van der Waals surface area contributed by atoms with E-state index < -0.39 is 0 Å². The summed E-state index contributed by atoms with van der Waals surface area (Å²) in [5.74, 6) is 0.558. The van der Waals surface area contributed by atoms with Gasteiger partial charge in [-0.25, -0.2) is 9.78 Å². The van der Waals surface area contributed by atoms with Crippen molar-refractivity contribution < 1.29 is 13.9 Å². The van der Waals surface area contributed by atoms with Crippen molar-refractivity contribution in [3.05, 3.63) is 36.7 Å². The van der Waals surface area contributed by atoms with Gasteiger partial charge in [-0.1, -0.05) is 0 Å². The van der Waals surface area contributed by atoms with Gasteiger partial charge in [0.05, 0.1) is 11.8 Å². The highest BCUT2D eigenvalue weighted by Gasteiger charge is 2.37. The second-order valence-corrected chi connectivity index (χ2v) is 5.46. The molecule has 2 N–H and O–H groups in total. The minimum absolute atomic E-state index is 0.174. The van der Waals surface area contributed by atoms with E-state index in [1.165, 1.54) is 6.26 Å². The molecular weight excluding hydrogens is 282 g/mol. The maximum Gasteiger partial charge on any atom is 0.319 e. The van der Waals surface area contributed by atoms with Gasteiger partial charge in [-0.05, 0) is 43.5 Å². The molecule has 0 atom stereocenters. The number of rotatable bonds is 5. The van der Waals surface area contributed by atoms with Gasteiger partial charge < -0.3 is 19.8 Å². The van der Waals surface area contributed by atoms with Crippen molar-refractivity contribution in [3.8, 4) is 11.5 Å². The molecule has 1 aromatic carbocycles. The summed E-state index contributed by atoms with van der Waals surface area (Å²) in [6.07, 6.45) is 6.27. The molecule has 116 valence electrons. The van der Waals surface area contributed by atoms with E-state index in [1.54, 1.807) is 13.3 Å². The predicted molar refractivity (Wildman–Crippen MR) is 82.6 cm³/mol. The van der Waals surface area contributed by atoms with Crippen molar-refractivity contribution in [1.82, 2.24) is 10.3 Å². The van der Waals surface area contributed by atoms with Crippen LogP contribution in [-0.4, -0.2) is 30.3 Å². The van der Waals surface area contributed by atoms with E-state index in [0.717, 1.165) is 24.8 Å². The number of hydrogen-bond donors (Lipinski definition) is 2. The van der Waals surface area contributed by atoms with Crippen LogP contribution in [0.3, 0.4) is 0 Å². The molecule has 0 radical (unpaired) electrons. The molecule has 0 unspecified atom stereocenters. The van der Waals surface area contributed by atoms with Crippen molar-refractivity contribution in [2.75, 3.05) is 19.0 Å². The van der Waals surface area contributed by atoms with E-state index in [-0.39, 0.29) is 11.6 Å². The third kappa shape index (κ3) is 3.12. The number of benzene rings is 1. The molecule has 0 saturated heterocycles. The zero-order valence-electron chi connectivity index (χ0n) is 12.5. The third-order valence-electron chi connectivity index (χ3n) is 4.09. The second-order valence-electron chi connectivity index (χ2n) is 5.46. The van der Waals surface area contributed by atoms with Gasteiger partial charge in [-0.3, -0.25) is 0 Å². The largest absolute Gasteiger partial charge is 0.445 e. The summed E-state index contributed by atoms with van der Waals surface area (Å²) in [6.45, 7) is 0.531. The standard InChI is InChI=1S/C16H19N3O3/c1-21-16(7-2-8-16)11-18-15(20)19-13-5-3-12(4-6-13)14-17-9-10-22-14/h3-6,9-10H,2,7-8,11H2,1H3,(H2,18,19,20). The summed E-state index contributed by atoms with van der Waals surface area (Å²) in [5.41, 5.74) is 1.41. The summed E-state index contributed by atoms with van der Waals surface area (Å²) in [6, 6.07) is 7.10. The van der Waals surface area contributed by atoms with Gasteiger partial charge >= 0.3 is 6.03 Å². The monoisotopic (exact) mass is 301 g/mol. The lowest BCUT2D eigenvalue weighted by molar-refractivity contribution is -0.0671. The summed E-state index contributed by atoms with van der Waals surface area (Å²) >= 11 is 0. The zero-order valence-corrected chi connectivity index (χ0v) is 12.5. The fourth-order valence-electron chi connectivity index (χ4n) is 2.50. The number of aromatic nitrogens is 1. The average Bonchev–Trinajstić information content (AvgIpc) is 3.02. The SMILES string of the molecule is COC1(CNC(=O)Nc2ccc(-c3ncco3)cc2)CCC1. The van der Waals surface area contributed by atoms with E-state index in [4.69, 9.17) is 9.15 Å². The van der Waals surface area contributed by atoms with Crippen molar-refractivity contribution >= 4 is 11.7 Å². The van der Waals surface area contributed by atoms with Crippen LogP contribution in [0, 0.1) is 0 Å².